The minimum Gasteiger partial charge on any atom is -0.477 e. The average Bonchev–Trinajstić information content (AvgIpc) is 2.83. The van der Waals surface area contributed by atoms with Gasteiger partial charge in [0.15, 0.2) is 0 Å². The Labute approximate surface area is 216 Å². The summed E-state index contributed by atoms with van der Waals surface area (Å²) in [6, 6.07) is 18.6. The molecule has 2 aromatic heterocycles. The molecule has 0 bridgehead atoms. The summed E-state index contributed by atoms with van der Waals surface area (Å²) in [4.78, 5) is 22.5. The van der Waals surface area contributed by atoms with Crippen molar-refractivity contribution in [3.8, 4) is 22.5 Å². The minimum atomic E-state index is -0.990. The summed E-state index contributed by atoms with van der Waals surface area (Å²) in [5.41, 5.74) is 1.32. The molecule has 5 aromatic rings. The Balaban J connectivity index is 0.000000307. The van der Waals surface area contributed by atoms with Crippen molar-refractivity contribution in [1.29, 1.82) is 0 Å². The first-order valence-corrected chi connectivity index (χ1v) is 10.1. The number of carboxylic acid groups (broad SMARTS) is 1. The molecule has 184 valence electrons. The Morgan fingerprint density at radius 2 is 1.33 bits per heavy atom. The number of rotatable bonds is 3. The first-order valence-electron chi connectivity index (χ1n) is 10.1. The van der Waals surface area contributed by atoms with Crippen LogP contribution < -0.4 is 0 Å². The van der Waals surface area contributed by atoms with E-state index >= 15 is 0 Å². The fourth-order valence-corrected chi connectivity index (χ4v) is 3.20. The second kappa shape index (κ2) is 11.6. The number of aromatic nitrogens is 3. The van der Waals surface area contributed by atoms with E-state index in [0.717, 1.165) is 24.3 Å². The topological polar surface area (TPSA) is 76.0 Å². The summed E-state index contributed by atoms with van der Waals surface area (Å²) in [6.07, 6.45) is 1.45. The molecule has 0 spiro atoms. The number of nitrogens with zero attached hydrogens (tertiary/aromatic N) is 3. The van der Waals surface area contributed by atoms with Gasteiger partial charge in [0.25, 0.3) is 0 Å². The zero-order chi connectivity index (χ0) is 24.9. The molecule has 0 aliphatic heterocycles. The Morgan fingerprint density at radius 3 is 1.86 bits per heavy atom. The van der Waals surface area contributed by atoms with Gasteiger partial charge in [-0.2, -0.15) is 0 Å². The van der Waals surface area contributed by atoms with Crippen molar-refractivity contribution in [2.45, 2.75) is 0 Å². The number of aromatic carboxylic acids is 1. The van der Waals surface area contributed by atoms with Gasteiger partial charge in [-0.3, -0.25) is 9.97 Å². The maximum Gasteiger partial charge on any atom is 0.354 e. The van der Waals surface area contributed by atoms with Gasteiger partial charge in [0.2, 0.25) is 0 Å². The molecule has 0 aliphatic carbocycles. The first kappa shape index (κ1) is 26.6. The van der Waals surface area contributed by atoms with Crippen LogP contribution in [-0.4, -0.2) is 26.0 Å². The van der Waals surface area contributed by atoms with Gasteiger partial charge in [-0.1, -0.05) is 24.3 Å². The molecular weight excluding hydrogens is 657 g/mol. The molecular formula is C26H14F4N3O2Pt-. The van der Waals surface area contributed by atoms with Crippen LogP contribution in [0.1, 0.15) is 10.5 Å². The molecule has 0 radical (unpaired) electrons. The monoisotopic (exact) mass is 671 g/mol. The van der Waals surface area contributed by atoms with E-state index in [2.05, 4.69) is 21.0 Å². The summed E-state index contributed by atoms with van der Waals surface area (Å²) in [6.45, 7) is 0. The van der Waals surface area contributed by atoms with Gasteiger partial charge in [-0.15, -0.1) is 17.7 Å². The Hall–Kier alpha value is -3.97. The third-order valence-electron chi connectivity index (χ3n) is 4.65. The van der Waals surface area contributed by atoms with E-state index in [0.29, 0.717) is 17.1 Å². The largest absolute Gasteiger partial charge is 0.477 e. The molecule has 5 nitrogen and oxygen atoms in total. The van der Waals surface area contributed by atoms with Gasteiger partial charge in [-0.25, -0.2) is 27.3 Å². The van der Waals surface area contributed by atoms with E-state index in [1.54, 1.807) is 36.4 Å². The zero-order valence-corrected chi connectivity index (χ0v) is 20.3. The Morgan fingerprint density at radius 1 is 0.750 bits per heavy atom. The second-order valence-corrected chi connectivity index (χ2v) is 7.15. The molecule has 3 aromatic carbocycles. The van der Waals surface area contributed by atoms with Crippen molar-refractivity contribution >= 4 is 17.0 Å². The summed E-state index contributed by atoms with van der Waals surface area (Å²) in [5.74, 6) is -4.31. The standard InChI is InChI=1S/C20H9F4N2.C6H5NO2.Pt/c21-13-5-11(6-14(22)9-13)19-20(12-7-15(23)10-16(24)8-12)26-18-4-2-1-3-17(18)25-19;8-6(9)5-3-1-2-4-7-5;/h1-7,9-10H;1-4H,(H,8,9);/q-1;;. The molecule has 0 saturated carbocycles. The summed E-state index contributed by atoms with van der Waals surface area (Å²) < 4.78 is 54.6. The number of benzene rings is 3. The van der Waals surface area contributed by atoms with Gasteiger partial charge >= 0.3 is 5.97 Å². The molecule has 1 N–H and O–H groups in total. The number of hydrogen-bond acceptors (Lipinski definition) is 4. The number of fused-ring (bicyclic) bond motifs is 1. The second-order valence-electron chi connectivity index (χ2n) is 7.15. The number of para-hydroxylation sites is 2. The van der Waals surface area contributed by atoms with Gasteiger partial charge in [0.1, 0.15) is 17.3 Å². The van der Waals surface area contributed by atoms with E-state index in [-0.39, 0.29) is 49.3 Å². The fourth-order valence-electron chi connectivity index (χ4n) is 3.20. The number of halogens is 4. The van der Waals surface area contributed by atoms with Crippen LogP contribution in [0, 0.1) is 29.3 Å². The van der Waals surface area contributed by atoms with Crippen LogP contribution in [0.15, 0.2) is 79.0 Å². The minimum absolute atomic E-state index is 0. The average molecular weight is 671 g/mol. The fraction of sp³-hybridized carbons (Fsp3) is 0. The molecule has 5 rings (SSSR count). The van der Waals surface area contributed by atoms with Crippen LogP contribution >= 0.6 is 0 Å². The van der Waals surface area contributed by atoms with Crippen molar-refractivity contribution in [2.24, 2.45) is 0 Å². The Kier molecular flexibility index (Phi) is 8.61. The van der Waals surface area contributed by atoms with Crippen LogP contribution in [0.25, 0.3) is 33.5 Å². The summed E-state index contributed by atoms with van der Waals surface area (Å²) in [7, 11) is 0. The molecule has 0 amide bonds. The normalized spacial score (nSPS) is 10.2. The predicted molar refractivity (Wildman–Crippen MR) is 120 cm³/mol. The summed E-state index contributed by atoms with van der Waals surface area (Å²) >= 11 is 0. The van der Waals surface area contributed by atoms with Crippen molar-refractivity contribution < 1.29 is 48.5 Å². The number of pyridine rings is 1. The molecule has 0 fully saturated rings. The number of carboxylic acids is 1. The molecule has 0 unspecified atom stereocenters. The third kappa shape index (κ3) is 6.37. The van der Waals surface area contributed by atoms with Crippen LogP contribution in [0.4, 0.5) is 17.6 Å². The van der Waals surface area contributed by atoms with Gasteiger partial charge in [0.05, 0.1) is 16.7 Å². The number of carbonyl (C=O) groups is 1. The van der Waals surface area contributed by atoms with Crippen molar-refractivity contribution in [2.75, 3.05) is 0 Å². The van der Waals surface area contributed by atoms with Gasteiger partial charge < -0.3 is 5.11 Å². The van der Waals surface area contributed by atoms with E-state index < -0.39 is 29.2 Å². The van der Waals surface area contributed by atoms with Crippen LogP contribution in [-0.2, 0) is 21.1 Å². The molecule has 10 heteroatoms. The molecule has 2 heterocycles. The Bertz CT molecular complexity index is 1400. The van der Waals surface area contributed by atoms with Crippen LogP contribution in [0.3, 0.4) is 0 Å². The number of hydrogen-bond donors (Lipinski definition) is 1. The van der Waals surface area contributed by atoms with Crippen molar-refractivity contribution in [3.63, 3.8) is 0 Å². The third-order valence-corrected chi connectivity index (χ3v) is 4.65. The predicted octanol–water partition coefficient (Wildman–Crippen LogP) is 6.10. The van der Waals surface area contributed by atoms with Gasteiger partial charge in [0, 0.05) is 50.7 Å². The van der Waals surface area contributed by atoms with Crippen LogP contribution in [0.5, 0.6) is 0 Å². The smallest absolute Gasteiger partial charge is 0.354 e. The van der Waals surface area contributed by atoms with E-state index in [9.17, 15) is 22.4 Å². The van der Waals surface area contributed by atoms with E-state index in [1.807, 2.05) is 0 Å². The van der Waals surface area contributed by atoms with Gasteiger partial charge in [-0.05, 0) is 42.0 Å². The molecule has 0 aliphatic rings. The first-order chi connectivity index (χ1) is 16.8. The molecule has 36 heavy (non-hydrogen) atoms. The zero-order valence-electron chi connectivity index (χ0n) is 18.0. The van der Waals surface area contributed by atoms with Crippen molar-refractivity contribution in [1.82, 2.24) is 15.0 Å². The SMILES string of the molecule is Fc1[c-]c(-c2nc3ccccc3nc2-c2cc(F)cc(F)c2)cc(F)c1.O=C(O)c1ccccn1.[Pt]. The molecule has 0 atom stereocenters. The molecule has 0 saturated heterocycles. The quantitative estimate of drug-likeness (QED) is 0.186. The summed E-state index contributed by atoms with van der Waals surface area (Å²) in [5, 5.41) is 8.32. The van der Waals surface area contributed by atoms with Crippen molar-refractivity contribution in [3.05, 3.63) is 114 Å². The van der Waals surface area contributed by atoms with Crippen LogP contribution in [0.2, 0.25) is 0 Å². The van der Waals surface area contributed by atoms with E-state index in [1.165, 1.54) is 12.3 Å². The maximum atomic E-state index is 13.7. The maximum absolute atomic E-state index is 13.7. The van der Waals surface area contributed by atoms with E-state index in [4.69, 9.17) is 5.11 Å².